The molecule has 0 atom stereocenters. The number of hydrogen-bond acceptors (Lipinski definition) is 3. The molecule has 0 spiro atoms. The average molecular weight is 237 g/mol. The van der Waals surface area contributed by atoms with Crippen molar-refractivity contribution in [2.24, 2.45) is 0 Å². The zero-order valence-electron chi connectivity index (χ0n) is 9.84. The molecular weight excluding hydrogens is 226 g/mol. The van der Waals surface area contributed by atoms with E-state index in [-0.39, 0.29) is 11.6 Å². The molecule has 2 rings (SSSR count). The highest BCUT2D eigenvalue weighted by Crippen LogP contribution is 2.11. The number of benzene rings is 1. The topological polar surface area (TPSA) is 65.8 Å². The van der Waals surface area contributed by atoms with Gasteiger partial charge in [-0.15, -0.1) is 0 Å². The van der Waals surface area contributed by atoms with Gasteiger partial charge in [0.15, 0.2) is 0 Å². The Balaban J connectivity index is 2.20. The van der Waals surface area contributed by atoms with Crippen LogP contribution >= 0.6 is 0 Å². The second-order valence-corrected chi connectivity index (χ2v) is 3.87. The van der Waals surface area contributed by atoms with Crippen molar-refractivity contribution in [1.29, 1.82) is 5.26 Å². The van der Waals surface area contributed by atoms with E-state index in [0.29, 0.717) is 5.56 Å². The molecule has 18 heavy (non-hydrogen) atoms. The lowest BCUT2D eigenvalue weighted by Crippen LogP contribution is -2.12. The Morgan fingerprint density at radius 3 is 2.89 bits per heavy atom. The third-order valence-electron chi connectivity index (χ3n) is 2.41. The maximum atomic E-state index is 11.9. The van der Waals surface area contributed by atoms with Crippen LogP contribution in [0.1, 0.15) is 21.6 Å². The minimum atomic E-state index is -0.250. The first-order chi connectivity index (χ1) is 8.69. The van der Waals surface area contributed by atoms with Gasteiger partial charge in [0, 0.05) is 17.4 Å². The van der Waals surface area contributed by atoms with Gasteiger partial charge >= 0.3 is 0 Å². The molecule has 1 amide bonds. The maximum Gasteiger partial charge on any atom is 0.255 e. The van der Waals surface area contributed by atoms with Crippen LogP contribution in [-0.2, 0) is 0 Å². The molecule has 0 fully saturated rings. The molecule has 2 aromatic rings. The highest BCUT2D eigenvalue weighted by Gasteiger charge is 2.07. The number of nitrogens with one attached hydrogen (secondary N) is 1. The normalized spacial score (nSPS) is 9.56. The highest BCUT2D eigenvalue weighted by molar-refractivity contribution is 6.04. The third-order valence-corrected chi connectivity index (χ3v) is 2.41. The van der Waals surface area contributed by atoms with Gasteiger partial charge in [-0.3, -0.25) is 4.79 Å². The van der Waals surface area contributed by atoms with E-state index in [9.17, 15) is 4.79 Å². The Labute approximate surface area is 105 Å². The first-order valence-electron chi connectivity index (χ1n) is 5.43. The molecule has 1 aromatic heterocycles. The van der Waals surface area contributed by atoms with E-state index in [1.165, 1.54) is 12.3 Å². The van der Waals surface area contributed by atoms with Crippen LogP contribution in [0.3, 0.4) is 0 Å². The Morgan fingerprint density at radius 1 is 1.33 bits per heavy atom. The number of aryl methyl sites for hydroxylation is 1. The van der Waals surface area contributed by atoms with Crippen LogP contribution in [0.15, 0.2) is 42.6 Å². The van der Waals surface area contributed by atoms with Gasteiger partial charge in [0.25, 0.3) is 5.91 Å². The molecule has 0 unspecified atom stereocenters. The number of anilines is 1. The molecule has 1 aromatic carbocycles. The molecule has 0 aliphatic heterocycles. The Bertz CT molecular complexity index is 629. The molecular formula is C14H11N3O. The van der Waals surface area contributed by atoms with Gasteiger partial charge in [-0.05, 0) is 36.8 Å². The summed E-state index contributed by atoms with van der Waals surface area (Å²) in [5, 5.41) is 11.5. The van der Waals surface area contributed by atoms with Crippen molar-refractivity contribution in [2.45, 2.75) is 6.92 Å². The zero-order valence-corrected chi connectivity index (χ0v) is 9.84. The Morgan fingerprint density at radius 2 is 2.17 bits per heavy atom. The molecule has 4 heteroatoms. The molecule has 0 saturated heterocycles. The van der Waals surface area contributed by atoms with Gasteiger partial charge in [0.1, 0.15) is 11.8 Å². The van der Waals surface area contributed by atoms with E-state index in [2.05, 4.69) is 10.3 Å². The number of nitriles is 1. The first-order valence-corrected chi connectivity index (χ1v) is 5.43. The van der Waals surface area contributed by atoms with Crippen LogP contribution in [0.5, 0.6) is 0 Å². The zero-order chi connectivity index (χ0) is 13.0. The number of carbonyl (C=O) groups excluding carboxylic acids is 1. The van der Waals surface area contributed by atoms with Crippen molar-refractivity contribution in [3.05, 3.63) is 59.4 Å². The quantitative estimate of drug-likeness (QED) is 0.872. The number of rotatable bonds is 2. The van der Waals surface area contributed by atoms with Crippen LogP contribution < -0.4 is 5.32 Å². The monoisotopic (exact) mass is 237 g/mol. The molecule has 0 radical (unpaired) electrons. The summed E-state index contributed by atoms with van der Waals surface area (Å²) in [4.78, 5) is 15.8. The fraction of sp³-hybridized carbons (Fsp3) is 0.0714. The molecule has 0 bridgehead atoms. The summed E-state index contributed by atoms with van der Waals surface area (Å²) < 4.78 is 0. The molecule has 0 saturated carbocycles. The molecule has 1 N–H and O–H groups in total. The summed E-state index contributed by atoms with van der Waals surface area (Å²) in [6, 6.07) is 12.5. The van der Waals surface area contributed by atoms with Gasteiger partial charge in [0.05, 0.1) is 0 Å². The number of nitrogens with zero attached hydrogens (tertiary/aromatic N) is 2. The second kappa shape index (κ2) is 5.11. The largest absolute Gasteiger partial charge is 0.322 e. The van der Waals surface area contributed by atoms with Crippen LogP contribution in [-0.4, -0.2) is 10.9 Å². The fourth-order valence-electron chi connectivity index (χ4n) is 1.56. The van der Waals surface area contributed by atoms with Crippen LogP contribution in [0.25, 0.3) is 0 Å². The minimum Gasteiger partial charge on any atom is -0.322 e. The third kappa shape index (κ3) is 2.71. The summed E-state index contributed by atoms with van der Waals surface area (Å²) >= 11 is 0. The molecule has 0 aliphatic carbocycles. The minimum absolute atomic E-state index is 0.229. The van der Waals surface area contributed by atoms with Gasteiger partial charge in [-0.1, -0.05) is 12.1 Å². The number of amides is 1. The number of pyridine rings is 1. The molecule has 88 valence electrons. The summed E-state index contributed by atoms with van der Waals surface area (Å²) in [6.07, 6.45) is 1.45. The Hall–Kier alpha value is -2.67. The first kappa shape index (κ1) is 11.8. The van der Waals surface area contributed by atoms with Gasteiger partial charge in [-0.25, -0.2) is 4.98 Å². The van der Waals surface area contributed by atoms with Crippen molar-refractivity contribution >= 4 is 11.6 Å². The van der Waals surface area contributed by atoms with Crippen molar-refractivity contribution in [3.63, 3.8) is 0 Å². The van der Waals surface area contributed by atoms with Crippen LogP contribution in [0.2, 0.25) is 0 Å². The molecule has 1 heterocycles. The van der Waals surface area contributed by atoms with Crippen molar-refractivity contribution < 1.29 is 4.79 Å². The van der Waals surface area contributed by atoms with E-state index in [4.69, 9.17) is 5.26 Å². The SMILES string of the molecule is Cc1cccc(NC(=O)c2ccnc(C#N)c2)c1. The van der Waals surface area contributed by atoms with E-state index in [0.717, 1.165) is 11.3 Å². The lowest BCUT2D eigenvalue weighted by atomic mass is 10.2. The standard InChI is InChI=1S/C14H11N3O/c1-10-3-2-4-12(7-10)17-14(18)11-5-6-16-13(8-11)9-15/h2-8H,1H3,(H,17,18). The summed E-state index contributed by atoms with van der Waals surface area (Å²) in [5.74, 6) is -0.250. The Kier molecular flexibility index (Phi) is 3.35. The lowest BCUT2D eigenvalue weighted by molar-refractivity contribution is 0.102. The predicted octanol–water partition coefficient (Wildman–Crippen LogP) is 2.51. The summed E-state index contributed by atoms with van der Waals surface area (Å²) in [7, 11) is 0. The predicted molar refractivity (Wildman–Crippen MR) is 68.1 cm³/mol. The number of aromatic nitrogens is 1. The van der Waals surface area contributed by atoms with Gasteiger partial charge < -0.3 is 5.32 Å². The molecule has 4 nitrogen and oxygen atoms in total. The smallest absolute Gasteiger partial charge is 0.255 e. The van der Waals surface area contributed by atoms with Crippen LogP contribution in [0.4, 0.5) is 5.69 Å². The van der Waals surface area contributed by atoms with Gasteiger partial charge in [-0.2, -0.15) is 5.26 Å². The maximum absolute atomic E-state index is 11.9. The van der Waals surface area contributed by atoms with Gasteiger partial charge in [0.2, 0.25) is 0 Å². The number of hydrogen-bond donors (Lipinski definition) is 1. The van der Waals surface area contributed by atoms with E-state index >= 15 is 0 Å². The van der Waals surface area contributed by atoms with E-state index in [1.54, 1.807) is 6.07 Å². The van der Waals surface area contributed by atoms with Crippen molar-refractivity contribution in [1.82, 2.24) is 4.98 Å². The lowest BCUT2D eigenvalue weighted by Gasteiger charge is -2.05. The van der Waals surface area contributed by atoms with Crippen molar-refractivity contribution in [2.75, 3.05) is 5.32 Å². The fourth-order valence-corrected chi connectivity index (χ4v) is 1.56. The van der Waals surface area contributed by atoms with Crippen LogP contribution in [0, 0.1) is 18.3 Å². The number of carbonyl (C=O) groups is 1. The molecule has 0 aliphatic rings. The average Bonchev–Trinajstić information content (AvgIpc) is 2.39. The summed E-state index contributed by atoms with van der Waals surface area (Å²) in [6.45, 7) is 1.95. The second-order valence-electron chi connectivity index (χ2n) is 3.87. The van der Waals surface area contributed by atoms with E-state index < -0.39 is 0 Å². The van der Waals surface area contributed by atoms with Crippen molar-refractivity contribution in [3.8, 4) is 6.07 Å². The highest BCUT2D eigenvalue weighted by atomic mass is 16.1. The summed E-state index contributed by atoms with van der Waals surface area (Å²) in [5.41, 5.74) is 2.45. The van der Waals surface area contributed by atoms with E-state index in [1.807, 2.05) is 37.3 Å².